The van der Waals surface area contributed by atoms with Crippen LogP contribution in [0.2, 0.25) is 0 Å². The summed E-state index contributed by atoms with van der Waals surface area (Å²) < 4.78 is 0. The molecule has 3 nitrogen and oxygen atoms in total. The third kappa shape index (κ3) is 1.63. The zero-order valence-electron chi connectivity index (χ0n) is 10.4. The highest BCUT2D eigenvalue weighted by Crippen LogP contribution is 2.37. The van der Waals surface area contributed by atoms with Crippen LogP contribution in [0.15, 0.2) is 54.6 Å². The van der Waals surface area contributed by atoms with E-state index in [4.69, 9.17) is 4.98 Å². The first-order valence-electron chi connectivity index (χ1n) is 6.39. The minimum absolute atomic E-state index is 0.792. The van der Waals surface area contributed by atoms with Gasteiger partial charge in [0.25, 0.3) is 0 Å². The van der Waals surface area contributed by atoms with Gasteiger partial charge in [-0.2, -0.15) is 0 Å². The second kappa shape index (κ2) is 3.99. The van der Waals surface area contributed by atoms with Gasteiger partial charge in [0.2, 0.25) is 0 Å². The largest absolute Gasteiger partial charge is 0.379 e. The zero-order valence-corrected chi connectivity index (χ0v) is 10.4. The van der Waals surface area contributed by atoms with Gasteiger partial charge in [-0.3, -0.25) is 0 Å². The van der Waals surface area contributed by atoms with Crippen LogP contribution in [0.5, 0.6) is 0 Å². The van der Waals surface area contributed by atoms with Crippen molar-refractivity contribution in [2.75, 3.05) is 10.6 Å². The third-order valence-corrected chi connectivity index (χ3v) is 3.49. The Bertz CT molecular complexity index is 721. The van der Waals surface area contributed by atoms with Gasteiger partial charge in [0, 0.05) is 17.7 Å². The number of nitrogens with zero attached hydrogens (tertiary/aromatic N) is 1. The van der Waals surface area contributed by atoms with Crippen LogP contribution < -0.4 is 10.6 Å². The zero-order chi connectivity index (χ0) is 12.7. The molecule has 0 amide bonds. The molecule has 4 rings (SSSR count). The van der Waals surface area contributed by atoms with Gasteiger partial charge in [-0.05, 0) is 18.2 Å². The molecule has 0 saturated heterocycles. The van der Waals surface area contributed by atoms with Gasteiger partial charge in [-0.15, -0.1) is 0 Å². The van der Waals surface area contributed by atoms with Crippen molar-refractivity contribution in [2.45, 2.75) is 6.54 Å². The Balaban J connectivity index is 1.91. The molecule has 1 aromatic rings. The smallest absolute Gasteiger partial charge is 0.136 e. The lowest BCUT2D eigenvalue weighted by molar-refractivity contribution is 1.18. The molecule has 2 N–H and O–H groups in total. The average Bonchev–Trinajstić information content (AvgIpc) is 2.62. The van der Waals surface area contributed by atoms with Gasteiger partial charge < -0.3 is 10.6 Å². The summed E-state index contributed by atoms with van der Waals surface area (Å²) in [6.45, 7) is 0.792. The Hall–Kier alpha value is -2.55. The summed E-state index contributed by atoms with van der Waals surface area (Å²) in [6.07, 6.45) is 0. The van der Waals surface area contributed by atoms with Gasteiger partial charge in [0.05, 0.1) is 17.1 Å². The molecule has 0 spiro atoms. The van der Waals surface area contributed by atoms with E-state index >= 15 is 0 Å². The number of anilines is 3. The predicted molar refractivity (Wildman–Crippen MR) is 77.9 cm³/mol. The number of para-hydroxylation sites is 2. The molecular weight excluding hydrogens is 234 g/mol. The van der Waals surface area contributed by atoms with E-state index < -0.39 is 0 Å². The second-order valence-electron chi connectivity index (χ2n) is 4.67. The average molecular weight is 247 g/mol. The molecule has 92 valence electrons. The molecule has 2 heterocycles. The van der Waals surface area contributed by atoms with Crippen LogP contribution in [0.25, 0.3) is 11.3 Å². The molecule has 0 saturated carbocycles. The van der Waals surface area contributed by atoms with Gasteiger partial charge in [-0.25, -0.2) is 4.98 Å². The molecule has 0 fully saturated rings. The first-order chi connectivity index (χ1) is 9.42. The lowest BCUT2D eigenvalue weighted by Crippen LogP contribution is -1.97. The Kier molecular flexibility index (Phi) is 2.18. The molecular formula is C16H13N3. The summed E-state index contributed by atoms with van der Waals surface area (Å²) >= 11 is 0. The van der Waals surface area contributed by atoms with Crippen molar-refractivity contribution in [1.82, 2.24) is 4.98 Å². The van der Waals surface area contributed by atoms with E-state index in [0.717, 1.165) is 29.4 Å². The quantitative estimate of drug-likeness (QED) is 0.633. The van der Waals surface area contributed by atoms with Crippen LogP contribution in [-0.2, 0) is 6.54 Å². The third-order valence-electron chi connectivity index (χ3n) is 3.49. The summed E-state index contributed by atoms with van der Waals surface area (Å²) in [5.41, 5.74) is 5.65. The number of fused-ring (bicyclic) bond motifs is 4. The van der Waals surface area contributed by atoms with E-state index in [0.29, 0.717) is 0 Å². The SMILES string of the molecule is c1ccc2nc3c(c-2cc1)CNc1ccccc1N3. The molecule has 2 aliphatic heterocycles. The van der Waals surface area contributed by atoms with Gasteiger partial charge in [0.1, 0.15) is 5.82 Å². The molecule has 19 heavy (non-hydrogen) atoms. The Morgan fingerprint density at radius 3 is 2.58 bits per heavy atom. The van der Waals surface area contributed by atoms with E-state index in [1.165, 1.54) is 11.1 Å². The van der Waals surface area contributed by atoms with Crippen LogP contribution >= 0.6 is 0 Å². The molecule has 1 aliphatic carbocycles. The fraction of sp³-hybridized carbons (Fsp3) is 0.0625. The van der Waals surface area contributed by atoms with Gasteiger partial charge in [-0.1, -0.05) is 36.4 Å². The number of nitrogens with one attached hydrogen (secondary N) is 2. The monoisotopic (exact) mass is 247 g/mol. The first kappa shape index (κ1) is 10.4. The number of hydrogen-bond donors (Lipinski definition) is 2. The van der Waals surface area contributed by atoms with Crippen molar-refractivity contribution in [1.29, 1.82) is 0 Å². The van der Waals surface area contributed by atoms with Crippen LogP contribution in [-0.4, -0.2) is 4.98 Å². The van der Waals surface area contributed by atoms with E-state index in [1.54, 1.807) is 0 Å². The topological polar surface area (TPSA) is 37.0 Å². The Labute approximate surface area is 111 Å². The minimum atomic E-state index is 0.792. The van der Waals surface area contributed by atoms with Crippen LogP contribution in [0.1, 0.15) is 5.56 Å². The number of aromatic nitrogens is 1. The van der Waals surface area contributed by atoms with Crippen molar-refractivity contribution >= 4 is 17.2 Å². The summed E-state index contributed by atoms with van der Waals surface area (Å²) in [6, 6.07) is 18.5. The second-order valence-corrected chi connectivity index (χ2v) is 4.67. The van der Waals surface area contributed by atoms with Crippen molar-refractivity contribution < 1.29 is 0 Å². The highest BCUT2D eigenvalue weighted by atomic mass is 15.1. The molecule has 1 aromatic carbocycles. The number of benzene rings is 1. The van der Waals surface area contributed by atoms with E-state index in [9.17, 15) is 0 Å². The minimum Gasteiger partial charge on any atom is -0.379 e. The van der Waals surface area contributed by atoms with E-state index in [-0.39, 0.29) is 0 Å². The van der Waals surface area contributed by atoms with Crippen LogP contribution in [0.3, 0.4) is 0 Å². The molecule has 0 unspecified atom stereocenters. The fourth-order valence-corrected chi connectivity index (χ4v) is 2.55. The maximum absolute atomic E-state index is 4.70. The molecule has 0 atom stereocenters. The van der Waals surface area contributed by atoms with Gasteiger partial charge >= 0.3 is 0 Å². The summed E-state index contributed by atoms with van der Waals surface area (Å²) in [4.78, 5) is 4.70. The van der Waals surface area contributed by atoms with E-state index in [1.807, 2.05) is 24.3 Å². The molecule has 0 bridgehead atoms. The number of rotatable bonds is 0. The van der Waals surface area contributed by atoms with Gasteiger partial charge in [0.15, 0.2) is 0 Å². The number of hydrogen-bond acceptors (Lipinski definition) is 3. The molecule has 3 aliphatic rings. The summed E-state index contributed by atoms with van der Waals surface area (Å²) in [5, 5.41) is 6.90. The Morgan fingerprint density at radius 1 is 0.842 bits per heavy atom. The van der Waals surface area contributed by atoms with Crippen molar-refractivity contribution in [3.05, 3.63) is 60.2 Å². The van der Waals surface area contributed by atoms with Crippen molar-refractivity contribution in [3.8, 4) is 11.3 Å². The highest BCUT2D eigenvalue weighted by Gasteiger charge is 2.20. The molecule has 0 aromatic heterocycles. The standard InChI is InChI=1S/C16H13N3/c1-2-6-11-12-10-17-14-8-4-5-9-15(14)19-16(12)18-13(11)7-3-1/h1-9,17H,10H2,(H,18,19). The highest BCUT2D eigenvalue weighted by molar-refractivity contribution is 5.83. The van der Waals surface area contributed by atoms with Crippen LogP contribution in [0, 0.1) is 0 Å². The maximum atomic E-state index is 4.70. The fourth-order valence-electron chi connectivity index (χ4n) is 2.55. The predicted octanol–water partition coefficient (Wildman–Crippen LogP) is 3.86. The lowest BCUT2D eigenvalue weighted by atomic mass is 10.1. The summed E-state index contributed by atoms with van der Waals surface area (Å²) in [7, 11) is 0. The molecule has 3 heteroatoms. The molecule has 0 radical (unpaired) electrons. The first-order valence-corrected chi connectivity index (χ1v) is 6.39. The van der Waals surface area contributed by atoms with Crippen molar-refractivity contribution in [2.24, 2.45) is 0 Å². The van der Waals surface area contributed by atoms with E-state index in [2.05, 4.69) is 41.0 Å². The normalized spacial score (nSPS) is 12.8. The van der Waals surface area contributed by atoms with Crippen molar-refractivity contribution in [3.63, 3.8) is 0 Å². The Morgan fingerprint density at radius 2 is 1.63 bits per heavy atom. The maximum Gasteiger partial charge on any atom is 0.136 e. The van der Waals surface area contributed by atoms with Crippen LogP contribution in [0.4, 0.5) is 17.2 Å². The lowest BCUT2D eigenvalue weighted by Gasteiger charge is -2.07. The summed E-state index contributed by atoms with van der Waals surface area (Å²) in [5.74, 6) is 0.957.